The molecule has 21 heavy (non-hydrogen) atoms. The van der Waals surface area contributed by atoms with Crippen molar-refractivity contribution in [3.8, 4) is 0 Å². The van der Waals surface area contributed by atoms with Crippen LogP contribution < -0.4 is 11.1 Å². The standard InChI is InChI=1S/C15H21Cl2N3O/c1-10(18)14-4-2-3-7-20(14)9-15(21)19-11-5-6-12(16)13(17)8-11/h5-6,8,10,14H,2-4,7,9,18H2,1H3,(H,19,21). The molecule has 0 aliphatic carbocycles. The zero-order valence-electron chi connectivity index (χ0n) is 12.1. The lowest BCUT2D eigenvalue weighted by Gasteiger charge is -2.37. The SMILES string of the molecule is CC(N)C1CCCCN1CC(=O)Nc1ccc(Cl)c(Cl)c1. The van der Waals surface area contributed by atoms with Crippen LogP contribution in [0.15, 0.2) is 18.2 Å². The van der Waals surface area contributed by atoms with Crippen LogP contribution in [0.4, 0.5) is 5.69 Å². The molecule has 6 heteroatoms. The van der Waals surface area contributed by atoms with Gasteiger partial charge in [-0.15, -0.1) is 0 Å². The lowest BCUT2D eigenvalue weighted by Crippen LogP contribution is -2.51. The number of hydrogen-bond donors (Lipinski definition) is 2. The van der Waals surface area contributed by atoms with Crippen LogP contribution in [0.3, 0.4) is 0 Å². The monoisotopic (exact) mass is 329 g/mol. The van der Waals surface area contributed by atoms with E-state index in [1.54, 1.807) is 18.2 Å². The largest absolute Gasteiger partial charge is 0.327 e. The highest BCUT2D eigenvalue weighted by atomic mass is 35.5. The molecular formula is C15H21Cl2N3O. The van der Waals surface area contributed by atoms with Gasteiger partial charge in [0.25, 0.3) is 0 Å². The van der Waals surface area contributed by atoms with E-state index in [1.165, 1.54) is 6.42 Å². The van der Waals surface area contributed by atoms with Crippen molar-refractivity contribution in [1.29, 1.82) is 0 Å². The molecule has 1 fully saturated rings. The molecule has 0 aromatic heterocycles. The summed E-state index contributed by atoms with van der Waals surface area (Å²) in [6, 6.07) is 5.42. The van der Waals surface area contributed by atoms with Crippen molar-refractivity contribution in [2.45, 2.75) is 38.3 Å². The van der Waals surface area contributed by atoms with Gasteiger partial charge in [-0.25, -0.2) is 0 Å². The second-order valence-corrected chi connectivity index (χ2v) is 6.38. The lowest BCUT2D eigenvalue weighted by molar-refractivity contribution is -0.118. The zero-order valence-corrected chi connectivity index (χ0v) is 13.6. The quantitative estimate of drug-likeness (QED) is 0.892. The van der Waals surface area contributed by atoms with E-state index in [0.29, 0.717) is 22.3 Å². The van der Waals surface area contributed by atoms with Crippen LogP contribution in [0, 0.1) is 0 Å². The molecule has 3 N–H and O–H groups in total. The number of benzene rings is 1. The third-order valence-corrected chi connectivity index (χ3v) is 4.56. The van der Waals surface area contributed by atoms with Gasteiger partial charge in [-0.2, -0.15) is 0 Å². The number of likely N-dealkylation sites (tertiary alicyclic amines) is 1. The average Bonchev–Trinajstić information content (AvgIpc) is 2.43. The molecular weight excluding hydrogens is 309 g/mol. The van der Waals surface area contributed by atoms with Crippen molar-refractivity contribution in [1.82, 2.24) is 4.90 Å². The number of halogens is 2. The Morgan fingerprint density at radius 2 is 2.19 bits per heavy atom. The minimum atomic E-state index is -0.0547. The summed E-state index contributed by atoms with van der Waals surface area (Å²) in [7, 11) is 0. The molecule has 1 saturated heterocycles. The Morgan fingerprint density at radius 3 is 2.86 bits per heavy atom. The highest BCUT2D eigenvalue weighted by Crippen LogP contribution is 2.25. The molecule has 1 aromatic carbocycles. The van der Waals surface area contributed by atoms with Crippen LogP contribution in [-0.2, 0) is 4.79 Å². The Morgan fingerprint density at radius 1 is 1.43 bits per heavy atom. The molecule has 1 aromatic rings. The van der Waals surface area contributed by atoms with Gasteiger partial charge in [0.15, 0.2) is 0 Å². The van der Waals surface area contributed by atoms with Crippen LogP contribution in [0.5, 0.6) is 0 Å². The normalized spacial score (nSPS) is 21.0. The third kappa shape index (κ3) is 4.58. The van der Waals surface area contributed by atoms with E-state index in [9.17, 15) is 4.79 Å². The van der Waals surface area contributed by atoms with Gasteiger partial charge < -0.3 is 11.1 Å². The molecule has 1 aliphatic heterocycles. The van der Waals surface area contributed by atoms with Crippen LogP contribution in [0.25, 0.3) is 0 Å². The predicted octanol–water partition coefficient (Wildman–Crippen LogP) is 3.13. The van der Waals surface area contributed by atoms with Gasteiger partial charge in [-0.3, -0.25) is 9.69 Å². The molecule has 0 radical (unpaired) electrons. The molecule has 0 saturated carbocycles. The molecule has 4 nitrogen and oxygen atoms in total. The van der Waals surface area contributed by atoms with Crippen LogP contribution >= 0.6 is 23.2 Å². The van der Waals surface area contributed by atoms with Gasteiger partial charge in [0.1, 0.15) is 0 Å². The molecule has 1 aliphatic rings. The number of carbonyl (C=O) groups is 1. The maximum absolute atomic E-state index is 12.2. The number of rotatable bonds is 4. The van der Waals surface area contributed by atoms with E-state index in [1.807, 2.05) is 6.92 Å². The Hall–Kier alpha value is -0.810. The van der Waals surface area contributed by atoms with Gasteiger partial charge in [-0.05, 0) is 44.5 Å². The number of nitrogens with zero attached hydrogens (tertiary/aromatic N) is 1. The van der Waals surface area contributed by atoms with E-state index in [4.69, 9.17) is 28.9 Å². The number of hydrogen-bond acceptors (Lipinski definition) is 3. The van der Waals surface area contributed by atoms with Crippen molar-refractivity contribution in [3.63, 3.8) is 0 Å². The summed E-state index contributed by atoms with van der Waals surface area (Å²) in [6.45, 7) is 3.27. The molecule has 1 heterocycles. The Balaban J connectivity index is 1.95. The smallest absolute Gasteiger partial charge is 0.238 e. The second-order valence-electron chi connectivity index (χ2n) is 5.57. The Labute approximate surface area is 135 Å². The number of piperidine rings is 1. The first-order chi connectivity index (χ1) is 9.97. The Kier molecular flexibility index (Phi) is 5.88. The van der Waals surface area contributed by atoms with E-state index >= 15 is 0 Å². The molecule has 2 atom stereocenters. The summed E-state index contributed by atoms with van der Waals surface area (Å²) in [5.74, 6) is -0.0547. The summed E-state index contributed by atoms with van der Waals surface area (Å²) >= 11 is 11.8. The maximum atomic E-state index is 12.2. The first-order valence-corrected chi connectivity index (χ1v) is 7.97. The van der Waals surface area contributed by atoms with Crippen molar-refractivity contribution in [2.24, 2.45) is 5.73 Å². The third-order valence-electron chi connectivity index (χ3n) is 3.82. The van der Waals surface area contributed by atoms with Gasteiger partial charge in [-0.1, -0.05) is 29.6 Å². The molecule has 2 rings (SSSR count). The molecule has 0 bridgehead atoms. The summed E-state index contributed by atoms with van der Waals surface area (Å²) in [5, 5.41) is 3.76. The van der Waals surface area contributed by atoms with Gasteiger partial charge in [0.2, 0.25) is 5.91 Å². The maximum Gasteiger partial charge on any atom is 0.238 e. The number of anilines is 1. The minimum Gasteiger partial charge on any atom is -0.327 e. The van der Waals surface area contributed by atoms with E-state index in [0.717, 1.165) is 19.4 Å². The van der Waals surface area contributed by atoms with Gasteiger partial charge in [0, 0.05) is 17.8 Å². The zero-order chi connectivity index (χ0) is 15.4. The number of nitrogens with one attached hydrogen (secondary N) is 1. The van der Waals surface area contributed by atoms with E-state index in [2.05, 4.69) is 10.2 Å². The summed E-state index contributed by atoms with van der Waals surface area (Å²) < 4.78 is 0. The van der Waals surface area contributed by atoms with Crippen molar-refractivity contribution in [3.05, 3.63) is 28.2 Å². The number of nitrogens with two attached hydrogens (primary N) is 1. The number of amides is 1. The van der Waals surface area contributed by atoms with Gasteiger partial charge in [0.05, 0.1) is 16.6 Å². The fourth-order valence-electron chi connectivity index (χ4n) is 2.77. The second kappa shape index (κ2) is 7.45. The highest BCUT2D eigenvalue weighted by Gasteiger charge is 2.26. The van der Waals surface area contributed by atoms with Gasteiger partial charge >= 0.3 is 0 Å². The Bertz CT molecular complexity index is 508. The molecule has 0 spiro atoms. The topological polar surface area (TPSA) is 58.4 Å². The number of carbonyl (C=O) groups excluding carboxylic acids is 1. The molecule has 116 valence electrons. The fraction of sp³-hybridized carbons (Fsp3) is 0.533. The fourth-order valence-corrected chi connectivity index (χ4v) is 3.07. The van der Waals surface area contributed by atoms with E-state index < -0.39 is 0 Å². The van der Waals surface area contributed by atoms with Crippen LogP contribution in [0.1, 0.15) is 26.2 Å². The van der Waals surface area contributed by atoms with Crippen molar-refractivity contribution >= 4 is 34.8 Å². The first kappa shape index (κ1) is 16.6. The summed E-state index contributed by atoms with van der Waals surface area (Å²) in [6.07, 6.45) is 3.35. The van der Waals surface area contributed by atoms with Crippen molar-refractivity contribution in [2.75, 3.05) is 18.4 Å². The predicted molar refractivity (Wildman–Crippen MR) is 88.0 cm³/mol. The van der Waals surface area contributed by atoms with Crippen molar-refractivity contribution < 1.29 is 4.79 Å². The first-order valence-electron chi connectivity index (χ1n) is 7.22. The summed E-state index contributed by atoms with van der Waals surface area (Å²) in [4.78, 5) is 14.3. The van der Waals surface area contributed by atoms with E-state index in [-0.39, 0.29) is 18.0 Å². The molecule has 1 amide bonds. The lowest BCUT2D eigenvalue weighted by atomic mass is 9.97. The van der Waals surface area contributed by atoms with Crippen LogP contribution in [-0.4, -0.2) is 36.0 Å². The highest BCUT2D eigenvalue weighted by molar-refractivity contribution is 6.42. The average molecular weight is 330 g/mol. The minimum absolute atomic E-state index is 0.0547. The summed E-state index contributed by atoms with van der Waals surface area (Å²) in [5.41, 5.74) is 6.67. The molecule has 2 unspecified atom stereocenters. The van der Waals surface area contributed by atoms with Crippen LogP contribution in [0.2, 0.25) is 10.0 Å².